The van der Waals surface area contributed by atoms with Crippen molar-refractivity contribution in [1.29, 1.82) is 0 Å². The van der Waals surface area contributed by atoms with Gasteiger partial charge in [0.2, 0.25) is 0 Å². The van der Waals surface area contributed by atoms with Crippen molar-refractivity contribution in [3.8, 4) is 0 Å². The van der Waals surface area contributed by atoms with Crippen molar-refractivity contribution in [2.45, 2.75) is 6.42 Å². The zero-order valence-corrected chi connectivity index (χ0v) is 9.49. The van der Waals surface area contributed by atoms with Crippen LogP contribution >= 0.6 is 19.4 Å². The van der Waals surface area contributed by atoms with Gasteiger partial charge in [-0.15, -0.1) is 0 Å². The van der Waals surface area contributed by atoms with Crippen LogP contribution in [0, 0.1) is 6.92 Å². The topological polar surface area (TPSA) is 0 Å². The van der Waals surface area contributed by atoms with E-state index in [0.29, 0.717) is 0 Å². The first-order valence-electron chi connectivity index (χ1n) is 2.21. The second-order valence-corrected chi connectivity index (χ2v) is 5.64. The molecule has 0 aliphatic heterocycles. The summed E-state index contributed by atoms with van der Waals surface area (Å²) in [7, 11) is 9.90. The molecule has 0 nitrogen and oxygen atoms in total. The monoisotopic (exact) mass is 243 g/mol. The van der Waals surface area contributed by atoms with Crippen LogP contribution in [0.15, 0.2) is 11.9 Å². The molecule has 0 heterocycles. The minimum absolute atomic E-state index is 0.470. The van der Waals surface area contributed by atoms with E-state index in [1.165, 1.54) is 0 Å². The SMILES string of the molecule is [CH2]CC(F)=C(F)F.[Cl][Zn][Cl]. The molecular formula is C4H4Cl2F3Zn. The number of allylic oxidation sites excluding steroid dienone is 1. The van der Waals surface area contributed by atoms with E-state index in [2.05, 4.69) is 6.92 Å². The Morgan fingerprint density at radius 3 is 1.60 bits per heavy atom. The van der Waals surface area contributed by atoms with Crippen LogP contribution in [-0.4, -0.2) is 0 Å². The number of hydrogen-bond acceptors (Lipinski definition) is 0. The van der Waals surface area contributed by atoms with Crippen LogP contribution in [0.2, 0.25) is 0 Å². The molecule has 6 heteroatoms. The van der Waals surface area contributed by atoms with Crippen molar-refractivity contribution in [2.75, 3.05) is 0 Å². The summed E-state index contributed by atoms with van der Waals surface area (Å²) in [6.07, 6.45) is -2.74. The molecule has 0 unspecified atom stereocenters. The fourth-order valence-electron chi connectivity index (χ4n) is 0.0945. The first-order valence-corrected chi connectivity index (χ1v) is 10.0. The van der Waals surface area contributed by atoms with Crippen LogP contribution < -0.4 is 0 Å². The molecule has 1 radical (unpaired) electrons. The Morgan fingerprint density at radius 1 is 1.30 bits per heavy atom. The van der Waals surface area contributed by atoms with Crippen LogP contribution in [0.1, 0.15) is 6.42 Å². The Kier molecular flexibility index (Phi) is 13.0. The van der Waals surface area contributed by atoms with Crippen LogP contribution in [0.4, 0.5) is 13.2 Å². The maximum absolute atomic E-state index is 11.3. The van der Waals surface area contributed by atoms with Gasteiger partial charge in [0.25, 0.3) is 0 Å². The third-order valence-electron chi connectivity index (χ3n) is 0.425. The Labute approximate surface area is 73.1 Å². The molecule has 10 heavy (non-hydrogen) atoms. The molecule has 0 amide bonds. The quantitative estimate of drug-likeness (QED) is 0.618. The average molecular weight is 245 g/mol. The first-order chi connectivity index (χ1) is 4.59. The van der Waals surface area contributed by atoms with Crippen LogP contribution in [-0.2, 0) is 15.1 Å². The minimum atomic E-state index is -2.27. The second-order valence-electron chi connectivity index (χ2n) is 1.02. The molecule has 0 rings (SSSR count). The van der Waals surface area contributed by atoms with Crippen molar-refractivity contribution in [2.24, 2.45) is 0 Å². The Bertz CT molecular complexity index is 103. The van der Waals surface area contributed by atoms with E-state index in [4.69, 9.17) is 19.4 Å². The molecule has 0 aromatic carbocycles. The third-order valence-corrected chi connectivity index (χ3v) is 0.425. The summed E-state index contributed by atoms with van der Waals surface area (Å²) in [6.45, 7) is 2.89. The molecule has 0 spiro atoms. The molecule has 0 aliphatic rings. The number of rotatable bonds is 1. The molecule has 57 valence electrons. The van der Waals surface area contributed by atoms with Crippen LogP contribution in [0.25, 0.3) is 0 Å². The molecule has 0 aromatic rings. The molecule has 0 atom stereocenters. The van der Waals surface area contributed by atoms with E-state index in [-0.39, 0.29) is 0 Å². The maximum atomic E-state index is 11.3. The average Bonchev–Trinajstić information content (AvgIpc) is 1.88. The van der Waals surface area contributed by atoms with E-state index in [9.17, 15) is 13.2 Å². The summed E-state index contributed by atoms with van der Waals surface area (Å²) >= 11 is -0.931. The van der Waals surface area contributed by atoms with Gasteiger partial charge in [-0.2, -0.15) is 8.78 Å². The molecule has 0 N–H and O–H groups in total. The molecule has 0 aromatic heterocycles. The van der Waals surface area contributed by atoms with Crippen molar-refractivity contribution in [1.82, 2.24) is 0 Å². The van der Waals surface area contributed by atoms with Gasteiger partial charge in [0.1, 0.15) is 0 Å². The Balaban J connectivity index is 0. The van der Waals surface area contributed by atoms with Crippen molar-refractivity contribution in [3.05, 3.63) is 18.8 Å². The van der Waals surface area contributed by atoms with Crippen molar-refractivity contribution >= 4 is 19.4 Å². The Hall–Kier alpha value is 0.733. The molecule has 0 saturated heterocycles. The summed E-state index contributed by atoms with van der Waals surface area (Å²) < 4.78 is 33.1. The summed E-state index contributed by atoms with van der Waals surface area (Å²) in [4.78, 5) is 0. The van der Waals surface area contributed by atoms with Gasteiger partial charge in [-0.1, -0.05) is 0 Å². The van der Waals surface area contributed by atoms with E-state index in [1.807, 2.05) is 0 Å². The fraction of sp³-hybridized carbons (Fsp3) is 0.250. The molecule has 0 fully saturated rings. The molecule has 0 saturated carbocycles. The second kappa shape index (κ2) is 9.73. The number of halogens is 5. The molecule has 0 bridgehead atoms. The summed E-state index contributed by atoms with van der Waals surface area (Å²) in [5.41, 5.74) is 0. The van der Waals surface area contributed by atoms with Gasteiger partial charge in [0.15, 0.2) is 5.83 Å². The normalized spacial score (nSPS) is 7.00. The van der Waals surface area contributed by atoms with Gasteiger partial charge in [0.05, 0.1) is 0 Å². The summed E-state index contributed by atoms with van der Waals surface area (Å²) in [5, 5.41) is 0. The van der Waals surface area contributed by atoms with Gasteiger partial charge in [-0.3, -0.25) is 0 Å². The summed E-state index contributed by atoms with van der Waals surface area (Å²) in [6, 6.07) is 0. The molecular weight excluding hydrogens is 241 g/mol. The standard InChI is InChI=1S/C4H4F3.2ClH.Zn/c1-2-3(5)4(6)7;;;/h1-2H2;2*1H;/q;;;+2/p-2. The predicted octanol–water partition coefficient (Wildman–Crippen LogP) is 3.66. The van der Waals surface area contributed by atoms with Gasteiger partial charge < -0.3 is 0 Å². The van der Waals surface area contributed by atoms with Crippen molar-refractivity contribution in [3.63, 3.8) is 0 Å². The van der Waals surface area contributed by atoms with Crippen molar-refractivity contribution < 1.29 is 28.3 Å². The molecule has 0 aliphatic carbocycles. The number of hydrogen-bond donors (Lipinski definition) is 0. The summed E-state index contributed by atoms with van der Waals surface area (Å²) in [5.74, 6) is -1.43. The van der Waals surface area contributed by atoms with Gasteiger partial charge in [0, 0.05) is 6.42 Å². The first kappa shape index (κ1) is 13.3. The van der Waals surface area contributed by atoms with Gasteiger partial charge in [-0.25, -0.2) is 4.39 Å². The zero-order valence-electron chi connectivity index (χ0n) is 5.01. The van der Waals surface area contributed by atoms with E-state index < -0.39 is 33.5 Å². The Morgan fingerprint density at radius 2 is 1.60 bits per heavy atom. The fourth-order valence-corrected chi connectivity index (χ4v) is 0.0945. The van der Waals surface area contributed by atoms with E-state index >= 15 is 0 Å². The van der Waals surface area contributed by atoms with Crippen LogP contribution in [0.5, 0.6) is 0 Å². The predicted molar refractivity (Wildman–Crippen MR) is 32.0 cm³/mol. The third kappa shape index (κ3) is 11.5. The van der Waals surface area contributed by atoms with Gasteiger partial charge >= 0.3 is 40.6 Å². The zero-order chi connectivity index (χ0) is 8.57. The van der Waals surface area contributed by atoms with E-state index in [1.54, 1.807) is 0 Å². The van der Waals surface area contributed by atoms with E-state index in [0.717, 1.165) is 0 Å². The van der Waals surface area contributed by atoms with Crippen LogP contribution in [0.3, 0.4) is 0 Å². The van der Waals surface area contributed by atoms with Gasteiger partial charge in [-0.05, 0) is 6.92 Å².